The van der Waals surface area contributed by atoms with Gasteiger partial charge in [0, 0.05) is 6.04 Å². The Kier molecular flexibility index (Phi) is 3.83. The Hall–Kier alpha value is -1.64. The zero-order valence-electron chi connectivity index (χ0n) is 13.1. The molecule has 0 saturated heterocycles. The van der Waals surface area contributed by atoms with Crippen molar-refractivity contribution in [3.05, 3.63) is 70.3 Å². The SMILES string of the molecule is Cc1cc(C)c(C(NN)C2CC2c2ccccc2)cc1C. The lowest BCUT2D eigenvalue weighted by Gasteiger charge is -2.20. The van der Waals surface area contributed by atoms with E-state index in [1.165, 1.54) is 34.2 Å². The first kappa shape index (κ1) is 14.3. The van der Waals surface area contributed by atoms with Crippen molar-refractivity contribution < 1.29 is 0 Å². The van der Waals surface area contributed by atoms with Gasteiger partial charge in [0.05, 0.1) is 0 Å². The van der Waals surface area contributed by atoms with Gasteiger partial charge in [-0.15, -0.1) is 0 Å². The Labute approximate surface area is 127 Å². The molecule has 2 aromatic carbocycles. The molecule has 0 heterocycles. The second kappa shape index (κ2) is 5.63. The summed E-state index contributed by atoms with van der Waals surface area (Å²) in [7, 11) is 0. The molecule has 3 rings (SSSR count). The Morgan fingerprint density at radius 3 is 2.33 bits per heavy atom. The smallest absolute Gasteiger partial charge is 0.0496 e. The predicted molar refractivity (Wildman–Crippen MR) is 88.0 cm³/mol. The Bertz CT molecular complexity index is 634. The lowest BCUT2D eigenvalue weighted by molar-refractivity contribution is 0.485. The molecule has 110 valence electrons. The summed E-state index contributed by atoms with van der Waals surface area (Å²) >= 11 is 0. The zero-order valence-corrected chi connectivity index (χ0v) is 13.1. The summed E-state index contributed by atoms with van der Waals surface area (Å²) in [5, 5.41) is 0. The molecule has 1 aliphatic carbocycles. The highest BCUT2D eigenvalue weighted by atomic mass is 15.2. The van der Waals surface area contributed by atoms with Crippen molar-refractivity contribution in [3.63, 3.8) is 0 Å². The molecule has 2 aromatic rings. The van der Waals surface area contributed by atoms with Crippen LogP contribution in [0.15, 0.2) is 42.5 Å². The van der Waals surface area contributed by atoms with Crippen LogP contribution in [0.4, 0.5) is 0 Å². The summed E-state index contributed by atoms with van der Waals surface area (Å²) in [6, 6.07) is 15.6. The summed E-state index contributed by atoms with van der Waals surface area (Å²) in [6.45, 7) is 6.53. The third-order valence-corrected chi connectivity index (χ3v) is 4.89. The van der Waals surface area contributed by atoms with Gasteiger partial charge < -0.3 is 0 Å². The lowest BCUT2D eigenvalue weighted by Crippen LogP contribution is -2.30. The summed E-state index contributed by atoms with van der Waals surface area (Å²) in [5.41, 5.74) is 9.88. The summed E-state index contributed by atoms with van der Waals surface area (Å²) in [6.07, 6.45) is 1.21. The molecule has 0 radical (unpaired) electrons. The fourth-order valence-electron chi connectivity index (χ4n) is 3.43. The third kappa shape index (κ3) is 2.74. The van der Waals surface area contributed by atoms with E-state index in [1.54, 1.807) is 0 Å². The summed E-state index contributed by atoms with van der Waals surface area (Å²) < 4.78 is 0. The highest BCUT2D eigenvalue weighted by Gasteiger charge is 2.44. The molecule has 3 N–H and O–H groups in total. The van der Waals surface area contributed by atoms with Gasteiger partial charge in [0.1, 0.15) is 0 Å². The van der Waals surface area contributed by atoms with E-state index in [1.807, 2.05) is 0 Å². The molecule has 2 heteroatoms. The summed E-state index contributed by atoms with van der Waals surface area (Å²) in [4.78, 5) is 0. The van der Waals surface area contributed by atoms with Crippen molar-refractivity contribution in [3.8, 4) is 0 Å². The number of benzene rings is 2. The highest BCUT2D eigenvalue weighted by Crippen LogP contribution is 2.54. The van der Waals surface area contributed by atoms with Crippen LogP contribution in [0, 0.1) is 26.7 Å². The van der Waals surface area contributed by atoms with Gasteiger partial charge in [0.25, 0.3) is 0 Å². The normalized spacial score (nSPS) is 22.1. The largest absolute Gasteiger partial charge is 0.271 e. The summed E-state index contributed by atoms with van der Waals surface area (Å²) in [5.74, 6) is 7.12. The van der Waals surface area contributed by atoms with E-state index in [-0.39, 0.29) is 6.04 Å². The van der Waals surface area contributed by atoms with Gasteiger partial charge in [-0.1, -0.05) is 42.5 Å². The molecule has 2 nitrogen and oxygen atoms in total. The van der Waals surface area contributed by atoms with Crippen LogP contribution < -0.4 is 11.3 Å². The quantitative estimate of drug-likeness (QED) is 0.658. The van der Waals surface area contributed by atoms with Crippen molar-refractivity contribution in [2.24, 2.45) is 11.8 Å². The molecule has 1 fully saturated rings. The maximum atomic E-state index is 5.89. The van der Waals surface area contributed by atoms with Crippen molar-refractivity contribution in [1.29, 1.82) is 0 Å². The van der Waals surface area contributed by atoms with Crippen LogP contribution in [-0.2, 0) is 0 Å². The van der Waals surface area contributed by atoms with Gasteiger partial charge in [0.15, 0.2) is 0 Å². The minimum atomic E-state index is 0.245. The van der Waals surface area contributed by atoms with Gasteiger partial charge >= 0.3 is 0 Å². The monoisotopic (exact) mass is 280 g/mol. The van der Waals surface area contributed by atoms with Crippen LogP contribution in [0.3, 0.4) is 0 Å². The molecule has 21 heavy (non-hydrogen) atoms. The first-order chi connectivity index (χ1) is 10.1. The van der Waals surface area contributed by atoms with Crippen LogP contribution in [0.2, 0.25) is 0 Å². The Balaban J connectivity index is 1.86. The molecule has 0 aromatic heterocycles. The van der Waals surface area contributed by atoms with Crippen LogP contribution >= 0.6 is 0 Å². The fraction of sp³-hybridized carbons (Fsp3) is 0.368. The Morgan fingerprint density at radius 2 is 1.67 bits per heavy atom. The van der Waals surface area contributed by atoms with Crippen LogP contribution in [0.25, 0.3) is 0 Å². The van der Waals surface area contributed by atoms with E-state index < -0.39 is 0 Å². The number of hydrogen-bond donors (Lipinski definition) is 2. The second-order valence-corrected chi connectivity index (χ2v) is 6.35. The first-order valence-corrected chi connectivity index (χ1v) is 7.70. The van der Waals surface area contributed by atoms with E-state index >= 15 is 0 Å². The van der Waals surface area contributed by atoms with Gasteiger partial charge in [0.2, 0.25) is 0 Å². The molecule has 1 aliphatic rings. The fourth-order valence-corrected chi connectivity index (χ4v) is 3.43. The van der Waals surface area contributed by atoms with Crippen molar-refractivity contribution in [1.82, 2.24) is 5.43 Å². The van der Waals surface area contributed by atoms with Crippen molar-refractivity contribution in [2.45, 2.75) is 39.2 Å². The molecule has 0 spiro atoms. The standard InChI is InChI=1S/C19H24N2/c1-12-9-14(3)16(10-13(12)2)19(21-20)18-11-17(18)15-7-5-4-6-8-15/h4-10,17-19,21H,11,20H2,1-3H3. The van der Waals surface area contributed by atoms with Crippen LogP contribution in [0.1, 0.15) is 46.2 Å². The minimum Gasteiger partial charge on any atom is -0.271 e. The highest BCUT2D eigenvalue weighted by molar-refractivity contribution is 5.40. The minimum absolute atomic E-state index is 0.245. The number of hydrogen-bond acceptors (Lipinski definition) is 2. The number of aryl methyl sites for hydroxylation is 3. The molecule has 3 unspecified atom stereocenters. The van der Waals surface area contributed by atoms with E-state index in [9.17, 15) is 0 Å². The predicted octanol–water partition coefficient (Wildman–Crippen LogP) is 3.92. The topological polar surface area (TPSA) is 38.0 Å². The van der Waals surface area contributed by atoms with Gasteiger partial charge in [-0.3, -0.25) is 11.3 Å². The average molecular weight is 280 g/mol. The second-order valence-electron chi connectivity index (χ2n) is 6.35. The van der Waals surface area contributed by atoms with E-state index in [0.29, 0.717) is 11.8 Å². The number of rotatable bonds is 4. The lowest BCUT2D eigenvalue weighted by atomic mass is 9.92. The van der Waals surface area contributed by atoms with Gasteiger partial charge in [-0.25, -0.2) is 0 Å². The molecule has 3 atom stereocenters. The first-order valence-electron chi connectivity index (χ1n) is 7.70. The number of nitrogens with one attached hydrogen (secondary N) is 1. The maximum Gasteiger partial charge on any atom is 0.0496 e. The van der Waals surface area contributed by atoms with Crippen LogP contribution in [-0.4, -0.2) is 0 Å². The van der Waals surface area contributed by atoms with E-state index in [4.69, 9.17) is 5.84 Å². The molecule has 0 aliphatic heterocycles. The van der Waals surface area contributed by atoms with Gasteiger partial charge in [-0.05, 0) is 66.8 Å². The average Bonchev–Trinajstić information content (AvgIpc) is 3.26. The molecule has 0 amide bonds. The Morgan fingerprint density at radius 1 is 1.00 bits per heavy atom. The maximum absolute atomic E-state index is 5.89. The molecule has 0 bridgehead atoms. The molecular weight excluding hydrogens is 256 g/mol. The van der Waals surface area contributed by atoms with E-state index in [0.717, 1.165) is 0 Å². The van der Waals surface area contributed by atoms with Crippen LogP contribution in [0.5, 0.6) is 0 Å². The molecular formula is C19H24N2. The zero-order chi connectivity index (χ0) is 15.0. The molecule has 1 saturated carbocycles. The number of hydrazine groups is 1. The van der Waals surface area contributed by atoms with Crippen molar-refractivity contribution >= 4 is 0 Å². The number of nitrogens with two attached hydrogens (primary N) is 1. The van der Waals surface area contributed by atoms with Gasteiger partial charge in [-0.2, -0.15) is 0 Å². The third-order valence-electron chi connectivity index (χ3n) is 4.89. The van der Waals surface area contributed by atoms with Crippen molar-refractivity contribution in [2.75, 3.05) is 0 Å². The van der Waals surface area contributed by atoms with E-state index in [2.05, 4.69) is 68.7 Å².